The number of carboxylic acid groups (broad SMARTS) is 1. The van der Waals surface area contributed by atoms with Crippen LogP contribution in [0.15, 0.2) is 29.3 Å². The number of benzene rings is 1. The van der Waals surface area contributed by atoms with E-state index in [0.29, 0.717) is 16.5 Å². The molecular weight excluding hydrogens is 251 g/mol. The quantitative estimate of drug-likeness (QED) is 0.847. The van der Waals surface area contributed by atoms with Gasteiger partial charge in [-0.15, -0.1) is 6.58 Å². The zero-order valence-electron chi connectivity index (χ0n) is 7.26. The van der Waals surface area contributed by atoms with Gasteiger partial charge in [-0.3, -0.25) is 0 Å². The van der Waals surface area contributed by atoms with E-state index in [-0.39, 0.29) is 5.56 Å². The summed E-state index contributed by atoms with van der Waals surface area (Å²) in [5, 5.41) is 8.77. The van der Waals surface area contributed by atoms with Crippen LogP contribution in [0.3, 0.4) is 0 Å². The third kappa shape index (κ3) is 2.20. The smallest absolute Gasteiger partial charge is 0.338 e. The Bertz CT molecular complexity index is 388. The van der Waals surface area contributed by atoms with Crippen LogP contribution in [-0.2, 0) is 6.42 Å². The van der Waals surface area contributed by atoms with Crippen LogP contribution in [-0.4, -0.2) is 11.1 Å². The van der Waals surface area contributed by atoms with Crippen molar-refractivity contribution in [3.8, 4) is 0 Å². The molecule has 0 aliphatic heterocycles. The monoisotopic (exact) mass is 258 g/mol. The van der Waals surface area contributed by atoms with Gasteiger partial charge in [-0.1, -0.05) is 22.0 Å². The Morgan fingerprint density at radius 1 is 1.64 bits per heavy atom. The van der Waals surface area contributed by atoms with Crippen molar-refractivity contribution in [2.45, 2.75) is 6.42 Å². The molecule has 0 saturated heterocycles. The second kappa shape index (κ2) is 4.37. The van der Waals surface area contributed by atoms with Crippen molar-refractivity contribution < 1.29 is 14.3 Å². The number of hydrogen-bond acceptors (Lipinski definition) is 1. The molecular formula is C10H8BrFO2. The first-order valence-corrected chi connectivity index (χ1v) is 4.67. The molecule has 0 fully saturated rings. The van der Waals surface area contributed by atoms with E-state index >= 15 is 0 Å². The Kier molecular flexibility index (Phi) is 3.41. The SMILES string of the molecule is C=CCc1cc(Br)cc(F)c1C(=O)O. The standard InChI is InChI=1S/C10H8BrFO2/c1-2-3-6-4-7(11)5-8(12)9(6)10(13)14/h2,4-5H,1,3H2,(H,13,14). The molecule has 0 bridgehead atoms. The summed E-state index contributed by atoms with van der Waals surface area (Å²) < 4.78 is 13.8. The highest BCUT2D eigenvalue weighted by atomic mass is 79.9. The topological polar surface area (TPSA) is 37.3 Å². The van der Waals surface area contributed by atoms with Crippen LogP contribution in [0.5, 0.6) is 0 Å². The number of carboxylic acids is 1. The molecule has 0 spiro atoms. The van der Waals surface area contributed by atoms with Crippen molar-refractivity contribution in [2.24, 2.45) is 0 Å². The number of hydrogen-bond donors (Lipinski definition) is 1. The van der Waals surface area contributed by atoms with E-state index in [2.05, 4.69) is 22.5 Å². The Hall–Kier alpha value is -1.16. The lowest BCUT2D eigenvalue weighted by Gasteiger charge is -2.05. The maximum absolute atomic E-state index is 13.2. The van der Waals surface area contributed by atoms with E-state index in [9.17, 15) is 9.18 Å². The van der Waals surface area contributed by atoms with Crippen LogP contribution < -0.4 is 0 Å². The van der Waals surface area contributed by atoms with E-state index < -0.39 is 11.8 Å². The lowest BCUT2D eigenvalue weighted by molar-refractivity contribution is 0.0691. The molecule has 4 heteroatoms. The third-order valence-corrected chi connectivity index (χ3v) is 2.17. The van der Waals surface area contributed by atoms with Crippen molar-refractivity contribution in [3.05, 3.63) is 46.2 Å². The normalized spacial score (nSPS) is 9.86. The number of rotatable bonds is 3. The van der Waals surface area contributed by atoms with Gasteiger partial charge in [0.2, 0.25) is 0 Å². The minimum absolute atomic E-state index is 0.284. The molecule has 0 unspecified atom stereocenters. The predicted octanol–water partition coefficient (Wildman–Crippen LogP) is 3.01. The molecule has 14 heavy (non-hydrogen) atoms. The number of halogens is 2. The second-order valence-corrected chi connectivity index (χ2v) is 3.64. The van der Waals surface area contributed by atoms with Gasteiger partial charge in [-0.05, 0) is 24.1 Å². The summed E-state index contributed by atoms with van der Waals surface area (Å²) in [7, 11) is 0. The third-order valence-electron chi connectivity index (χ3n) is 1.71. The second-order valence-electron chi connectivity index (χ2n) is 2.72. The van der Waals surface area contributed by atoms with E-state index in [0.717, 1.165) is 6.07 Å². The number of allylic oxidation sites excluding steroid dienone is 1. The first kappa shape index (κ1) is 10.9. The molecule has 74 valence electrons. The van der Waals surface area contributed by atoms with E-state index in [1.54, 1.807) is 6.07 Å². The lowest BCUT2D eigenvalue weighted by atomic mass is 10.0. The molecule has 1 aromatic carbocycles. The minimum atomic E-state index is -1.26. The summed E-state index contributed by atoms with van der Waals surface area (Å²) in [6.07, 6.45) is 1.87. The number of aromatic carboxylic acids is 1. The molecule has 1 N–H and O–H groups in total. The Balaban J connectivity index is 3.35. The molecule has 0 amide bonds. The molecule has 0 heterocycles. The van der Waals surface area contributed by atoms with Crippen molar-refractivity contribution in [2.75, 3.05) is 0 Å². The summed E-state index contributed by atoms with van der Waals surface area (Å²) in [6.45, 7) is 3.49. The van der Waals surface area contributed by atoms with Gasteiger partial charge in [0.05, 0.1) is 5.56 Å². The first-order chi connectivity index (χ1) is 6.56. The molecule has 0 radical (unpaired) electrons. The molecule has 1 aromatic rings. The van der Waals surface area contributed by atoms with Gasteiger partial charge >= 0.3 is 5.97 Å². The predicted molar refractivity (Wildman–Crippen MR) is 55.0 cm³/mol. The van der Waals surface area contributed by atoms with Gasteiger partial charge < -0.3 is 5.11 Å². The summed E-state index contributed by atoms with van der Waals surface area (Å²) in [5.74, 6) is -1.99. The molecule has 0 aromatic heterocycles. The Morgan fingerprint density at radius 2 is 2.29 bits per heavy atom. The maximum Gasteiger partial charge on any atom is 0.338 e. The average Bonchev–Trinajstić information content (AvgIpc) is 2.01. The highest BCUT2D eigenvalue weighted by Gasteiger charge is 2.15. The van der Waals surface area contributed by atoms with E-state index in [1.807, 2.05) is 0 Å². The van der Waals surface area contributed by atoms with E-state index in [1.165, 1.54) is 6.08 Å². The fourth-order valence-corrected chi connectivity index (χ4v) is 1.66. The van der Waals surface area contributed by atoms with Gasteiger partial charge in [0.1, 0.15) is 5.82 Å². The number of carbonyl (C=O) groups is 1. The highest BCUT2D eigenvalue weighted by molar-refractivity contribution is 9.10. The average molecular weight is 259 g/mol. The van der Waals surface area contributed by atoms with Crippen LogP contribution in [0.25, 0.3) is 0 Å². The largest absolute Gasteiger partial charge is 0.478 e. The fraction of sp³-hybridized carbons (Fsp3) is 0.100. The van der Waals surface area contributed by atoms with Crippen molar-refractivity contribution in [3.63, 3.8) is 0 Å². The van der Waals surface area contributed by atoms with Crippen LogP contribution >= 0.6 is 15.9 Å². The van der Waals surface area contributed by atoms with Gasteiger partial charge in [-0.25, -0.2) is 9.18 Å². The minimum Gasteiger partial charge on any atom is -0.478 e. The molecule has 0 aliphatic rings. The van der Waals surface area contributed by atoms with Crippen LogP contribution in [0, 0.1) is 5.82 Å². The fourth-order valence-electron chi connectivity index (χ4n) is 1.18. The lowest BCUT2D eigenvalue weighted by Crippen LogP contribution is -2.05. The summed E-state index contributed by atoms with van der Waals surface area (Å²) in [6, 6.07) is 2.71. The first-order valence-electron chi connectivity index (χ1n) is 3.88. The van der Waals surface area contributed by atoms with Crippen molar-refractivity contribution in [1.82, 2.24) is 0 Å². The summed E-state index contributed by atoms with van der Waals surface area (Å²) in [5.41, 5.74) is 0.132. The zero-order valence-corrected chi connectivity index (χ0v) is 8.84. The van der Waals surface area contributed by atoms with Gasteiger partial charge in [0.15, 0.2) is 0 Å². The van der Waals surface area contributed by atoms with Crippen molar-refractivity contribution in [1.29, 1.82) is 0 Å². The molecule has 0 atom stereocenters. The molecule has 0 aliphatic carbocycles. The Morgan fingerprint density at radius 3 is 2.79 bits per heavy atom. The van der Waals surface area contributed by atoms with Crippen molar-refractivity contribution >= 4 is 21.9 Å². The summed E-state index contributed by atoms with van der Waals surface area (Å²) >= 11 is 3.10. The van der Waals surface area contributed by atoms with Gasteiger partial charge in [-0.2, -0.15) is 0 Å². The zero-order chi connectivity index (χ0) is 10.7. The van der Waals surface area contributed by atoms with Crippen LogP contribution in [0.1, 0.15) is 15.9 Å². The molecule has 0 saturated carbocycles. The molecule has 1 rings (SSSR count). The summed E-state index contributed by atoms with van der Waals surface area (Å²) in [4.78, 5) is 10.7. The molecule has 2 nitrogen and oxygen atoms in total. The van der Waals surface area contributed by atoms with Crippen LogP contribution in [0.2, 0.25) is 0 Å². The van der Waals surface area contributed by atoms with Crippen LogP contribution in [0.4, 0.5) is 4.39 Å². The Labute approximate surface area is 89.2 Å². The van der Waals surface area contributed by atoms with Gasteiger partial charge in [0, 0.05) is 4.47 Å². The maximum atomic E-state index is 13.2. The highest BCUT2D eigenvalue weighted by Crippen LogP contribution is 2.21. The van der Waals surface area contributed by atoms with E-state index in [4.69, 9.17) is 5.11 Å². The van der Waals surface area contributed by atoms with Gasteiger partial charge in [0.25, 0.3) is 0 Å².